The minimum Gasteiger partial charge on any atom is -0.456 e. The zero-order valence-electron chi connectivity index (χ0n) is 30.7. The molecule has 0 amide bonds. The lowest BCUT2D eigenvalue weighted by Crippen LogP contribution is -2.11. The minimum atomic E-state index is 0.860. The van der Waals surface area contributed by atoms with E-state index in [0.29, 0.717) is 0 Å². The minimum absolute atomic E-state index is 0.860. The molecule has 0 saturated heterocycles. The molecule has 0 atom stereocenters. The maximum atomic E-state index is 6.45. The first-order chi connectivity index (χ1) is 27.8. The van der Waals surface area contributed by atoms with Gasteiger partial charge < -0.3 is 9.32 Å². The smallest absolute Gasteiger partial charge is 0.136 e. The Hall–Kier alpha value is -7.42. The summed E-state index contributed by atoms with van der Waals surface area (Å²) in [4.78, 5) is 2.37. The van der Waals surface area contributed by atoms with Crippen molar-refractivity contribution < 1.29 is 4.42 Å². The topological polar surface area (TPSA) is 16.4 Å². The lowest BCUT2D eigenvalue weighted by molar-refractivity contribution is 0.632. The molecule has 56 heavy (non-hydrogen) atoms. The fourth-order valence-corrected chi connectivity index (χ4v) is 7.94. The van der Waals surface area contributed by atoms with Gasteiger partial charge in [0.05, 0.1) is 5.69 Å². The van der Waals surface area contributed by atoms with Gasteiger partial charge in [0.1, 0.15) is 11.3 Å². The molecule has 0 aliphatic heterocycles. The van der Waals surface area contributed by atoms with Gasteiger partial charge in [0.2, 0.25) is 0 Å². The molecule has 0 saturated carbocycles. The van der Waals surface area contributed by atoms with E-state index < -0.39 is 0 Å². The molecule has 0 fully saturated rings. The van der Waals surface area contributed by atoms with Crippen LogP contribution in [0.5, 0.6) is 0 Å². The molecular formula is C54H37NO. The summed E-state index contributed by atoms with van der Waals surface area (Å²) in [6.45, 7) is 0. The van der Waals surface area contributed by atoms with Gasteiger partial charge in [0.25, 0.3) is 0 Å². The van der Waals surface area contributed by atoms with E-state index in [1.807, 2.05) is 12.1 Å². The summed E-state index contributed by atoms with van der Waals surface area (Å²) in [5.41, 5.74) is 14.6. The van der Waals surface area contributed by atoms with E-state index in [1.54, 1.807) is 0 Å². The van der Waals surface area contributed by atoms with E-state index >= 15 is 0 Å². The molecule has 2 heteroatoms. The van der Waals surface area contributed by atoms with Crippen LogP contribution in [0.4, 0.5) is 17.1 Å². The van der Waals surface area contributed by atoms with Crippen LogP contribution < -0.4 is 4.90 Å². The molecule has 2 nitrogen and oxygen atoms in total. The highest BCUT2D eigenvalue weighted by atomic mass is 16.3. The van der Waals surface area contributed by atoms with E-state index in [2.05, 4.69) is 217 Å². The Morgan fingerprint density at radius 2 is 0.839 bits per heavy atom. The summed E-state index contributed by atoms with van der Waals surface area (Å²) in [5.74, 6) is 0.860. The van der Waals surface area contributed by atoms with Gasteiger partial charge in [-0.25, -0.2) is 0 Å². The third kappa shape index (κ3) is 6.24. The van der Waals surface area contributed by atoms with Crippen molar-refractivity contribution in [3.63, 3.8) is 0 Å². The van der Waals surface area contributed by atoms with Crippen molar-refractivity contribution in [3.05, 3.63) is 224 Å². The lowest BCUT2D eigenvalue weighted by Gasteiger charge is -2.28. The second-order valence-electron chi connectivity index (χ2n) is 14.1. The highest BCUT2D eigenvalue weighted by molar-refractivity contribution is 5.97. The fourth-order valence-electron chi connectivity index (χ4n) is 7.94. The number of rotatable bonds is 8. The Balaban J connectivity index is 1.07. The summed E-state index contributed by atoms with van der Waals surface area (Å²) in [6.07, 6.45) is 0. The van der Waals surface area contributed by atoms with Crippen molar-refractivity contribution in [1.82, 2.24) is 0 Å². The largest absolute Gasteiger partial charge is 0.456 e. The van der Waals surface area contributed by atoms with Gasteiger partial charge in [-0.2, -0.15) is 0 Å². The van der Waals surface area contributed by atoms with Crippen molar-refractivity contribution >= 4 is 38.8 Å². The SMILES string of the molecule is c1ccc(-c2ccc(-c3ccc(N(c4ccc(-c5cccc6ccccc56)cc4)c4ccccc4-c4ccccc4)cc3)cc2-c2cc3ccccc3o2)cc1. The number of nitrogens with zero attached hydrogens (tertiary/aromatic N) is 1. The van der Waals surface area contributed by atoms with Gasteiger partial charge in [-0.15, -0.1) is 0 Å². The average Bonchev–Trinajstić information content (AvgIpc) is 3.72. The van der Waals surface area contributed by atoms with E-state index in [1.165, 1.54) is 33.0 Å². The number of benzene rings is 9. The Morgan fingerprint density at radius 3 is 1.57 bits per heavy atom. The number of fused-ring (bicyclic) bond motifs is 2. The summed E-state index contributed by atoms with van der Waals surface area (Å²) in [5, 5.41) is 3.59. The van der Waals surface area contributed by atoms with Crippen LogP contribution in [0.3, 0.4) is 0 Å². The first-order valence-electron chi connectivity index (χ1n) is 19.1. The molecule has 264 valence electrons. The average molecular weight is 716 g/mol. The fraction of sp³-hybridized carbons (Fsp3) is 0. The number of hydrogen-bond donors (Lipinski definition) is 0. The number of anilines is 3. The van der Waals surface area contributed by atoms with E-state index in [4.69, 9.17) is 4.42 Å². The number of furan rings is 1. The van der Waals surface area contributed by atoms with Gasteiger partial charge in [-0.3, -0.25) is 0 Å². The van der Waals surface area contributed by atoms with E-state index in [9.17, 15) is 0 Å². The second kappa shape index (κ2) is 14.4. The van der Waals surface area contributed by atoms with Crippen LogP contribution in [0.15, 0.2) is 229 Å². The quantitative estimate of drug-likeness (QED) is 0.156. The van der Waals surface area contributed by atoms with Crippen LogP contribution in [0, 0.1) is 0 Å². The highest BCUT2D eigenvalue weighted by Gasteiger charge is 2.19. The first kappa shape index (κ1) is 33.2. The standard InChI is InChI=1S/C54H37NO/c1-3-14-39(15-4-1)49-35-30-43(36-51(49)54-37-44-19-8-12-25-53(44)56-54)38-26-31-45(32-27-38)55(52-24-11-10-22-50(52)41-16-5-2-6-17-41)46-33-28-42(29-34-46)48-23-13-20-40-18-7-9-21-47(40)48/h1-37H. The van der Waals surface area contributed by atoms with Gasteiger partial charge in [0, 0.05) is 27.9 Å². The predicted octanol–water partition coefficient (Wildman–Crippen LogP) is 15.4. The first-order valence-corrected chi connectivity index (χ1v) is 19.1. The zero-order valence-corrected chi connectivity index (χ0v) is 30.7. The van der Waals surface area contributed by atoms with Crippen LogP contribution in [0.2, 0.25) is 0 Å². The zero-order chi connectivity index (χ0) is 37.3. The summed E-state index contributed by atoms with van der Waals surface area (Å²) >= 11 is 0. The van der Waals surface area contributed by atoms with Gasteiger partial charge in [-0.05, 0) is 98.2 Å². The van der Waals surface area contributed by atoms with Crippen LogP contribution in [0.1, 0.15) is 0 Å². The second-order valence-corrected chi connectivity index (χ2v) is 14.1. The van der Waals surface area contributed by atoms with Crippen LogP contribution in [-0.2, 0) is 0 Å². The Bertz CT molecular complexity index is 2910. The summed E-state index contributed by atoms with van der Waals surface area (Å²) in [7, 11) is 0. The molecule has 0 aliphatic carbocycles. The van der Waals surface area contributed by atoms with E-state index in [0.717, 1.165) is 61.6 Å². The van der Waals surface area contributed by atoms with Crippen molar-refractivity contribution in [2.45, 2.75) is 0 Å². The van der Waals surface area contributed by atoms with Crippen LogP contribution in [0.25, 0.3) is 77.6 Å². The predicted molar refractivity (Wildman–Crippen MR) is 236 cm³/mol. The molecule has 9 aromatic carbocycles. The van der Waals surface area contributed by atoms with E-state index in [-0.39, 0.29) is 0 Å². The molecule has 0 unspecified atom stereocenters. The number of hydrogen-bond acceptors (Lipinski definition) is 2. The molecule has 0 radical (unpaired) electrons. The van der Waals surface area contributed by atoms with Crippen molar-refractivity contribution in [2.75, 3.05) is 4.90 Å². The highest BCUT2D eigenvalue weighted by Crippen LogP contribution is 2.43. The maximum Gasteiger partial charge on any atom is 0.136 e. The Labute approximate surface area is 327 Å². The third-order valence-electron chi connectivity index (χ3n) is 10.7. The summed E-state index contributed by atoms with van der Waals surface area (Å²) < 4.78 is 6.45. The molecule has 10 aromatic rings. The molecule has 0 bridgehead atoms. The van der Waals surface area contributed by atoms with Gasteiger partial charge in [-0.1, -0.05) is 176 Å². The van der Waals surface area contributed by atoms with Gasteiger partial charge in [0.15, 0.2) is 0 Å². The Kier molecular flexibility index (Phi) is 8.55. The molecule has 0 aliphatic rings. The molecule has 0 spiro atoms. The normalized spacial score (nSPS) is 11.2. The van der Waals surface area contributed by atoms with Gasteiger partial charge >= 0.3 is 0 Å². The van der Waals surface area contributed by atoms with Crippen molar-refractivity contribution in [1.29, 1.82) is 0 Å². The maximum absolute atomic E-state index is 6.45. The molecule has 1 aromatic heterocycles. The van der Waals surface area contributed by atoms with Crippen molar-refractivity contribution in [3.8, 4) is 55.8 Å². The molecule has 1 heterocycles. The van der Waals surface area contributed by atoms with Crippen LogP contribution >= 0.6 is 0 Å². The van der Waals surface area contributed by atoms with Crippen LogP contribution in [-0.4, -0.2) is 0 Å². The third-order valence-corrected chi connectivity index (χ3v) is 10.7. The monoisotopic (exact) mass is 715 g/mol. The lowest BCUT2D eigenvalue weighted by atomic mass is 9.93. The number of para-hydroxylation sites is 2. The molecule has 10 rings (SSSR count). The van der Waals surface area contributed by atoms with Crippen molar-refractivity contribution in [2.24, 2.45) is 0 Å². The molecule has 0 N–H and O–H groups in total. The summed E-state index contributed by atoms with van der Waals surface area (Å²) in [6, 6.07) is 80.0. The molecular weight excluding hydrogens is 679 g/mol. The Morgan fingerprint density at radius 1 is 0.304 bits per heavy atom.